The number of rotatable bonds is 7. The van der Waals surface area contributed by atoms with E-state index in [1.165, 1.54) is 0 Å². The third-order valence-electron chi connectivity index (χ3n) is 6.32. The van der Waals surface area contributed by atoms with Gasteiger partial charge in [0.25, 0.3) is 10.2 Å². The van der Waals surface area contributed by atoms with E-state index in [0.717, 1.165) is 29.7 Å². The fraction of sp³-hybridized carbons (Fsp3) is 0.632. The molecule has 0 aromatic carbocycles. The molecule has 2 saturated heterocycles. The summed E-state index contributed by atoms with van der Waals surface area (Å²) >= 11 is 0. The number of aromatic amines is 1. The molecule has 0 amide bonds. The van der Waals surface area contributed by atoms with Crippen LogP contribution in [0.3, 0.4) is 0 Å². The highest BCUT2D eigenvalue weighted by molar-refractivity contribution is 7.86. The minimum atomic E-state index is -3.64. The number of fused-ring (bicyclic) bond motifs is 1. The molecule has 1 spiro atoms. The first kappa shape index (κ1) is 19.7. The summed E-state index contributed by atoms with van der Waals surface area (Å²) in [5.41, 5.74) is 0.400. The molecule has 160 valence electrons. The summed E-state index contributed by atoms with van der Waals surface area (Å²) in [4.78, 5) is 14.0. The molecule has 11 heteroatoms. The van der Waals surface area contributed by atoms with Crippen molar-refractivity contribution in [3.05, 3.63) is 18.6 Å². The average molecular weight is 432 g/mol. The van der Waals surface area contributed by atoms with E-state index in [2.05, 4.69) is 25.9 Å². The van der Waals surface area contributed by atoms with Gasteiger partial charge in [-0.3, -0.25) is 0 Å². The molecule has 1 saturated carbocycles. The minimum Gasteiger partial charge on any atom is -0.378 e. The molecule has 0 radical (unpaired) electrons. The first-order valence-corrected chi connectivity index (χ1v) is 11.7. The Labute approximate surface area is 175 Å². The molecular weight excluding hydrogens is 406 g/mol. The lowest BCUT2D eigenvalue weighted by molar-refractivity contribution is -0.0390. The van der Waals surface area contributed by atoms with Crippen LogP contribution in [-0.4, -0.2) is 83.0 Å². The van der Waals surface area contributed by atoms with Crippen LogP contribution >= 0.6 is 0 Å². The van der Waals surface area contributed by atoms with Crippen LogP contribution in [0.25, 0.3) is 11.0 Å². The van der Waals surface area contributed by atoms with Gasteiger partial charge in [-0.05, 0) is 25.3 Å². The number of aromatic nitrogens is 3. The van der Waals surface area contributed by atoms with Crippen molar-refractivity contribution in [1.29, 1.82) is 5.26 Å². The molecule has 0 atom stereocenters. The van der Waals surface area contributed by atoms with Gasteiger partial charge in [0, 0.05) is 38.8 Å². The molecule has 10 nitrogen and oxygen atoms in total. The van der Waals surface area contributed by atoms with Crippen LogP contribution in [0.1, 0.15) is 25.7 Å². The van der Waals surface area contributed by atoms with E-state index in [-0.39, 0.29) is 11.6 Å². The number of piperazine rings is 1. The highest BCUT2D eigenvalue weighted by atomic mass is 32.2. The topological polar surface area (TPSA) is 118 Å². The monoisotopic (exact) mass is 431 g/mol. The van der Waals surface area contributed by atoms with E-state index in [9.17, 15) is 8.42 Å². The van der Waals surface area contributed by atoms with E-state index in [1.807, 2.05) is 12.3 Å². The number of ether oxygens (including phenoxy) is 1. The standard InChI is InChI=1S/C19H25N7O3S/c20-6-1-2-8-25(15-11-29-12-15)30(27,28)26-10-9-24(13-19(26)4-5-19)18-16-3-7-21-17(16)22-14-23-18/h3,7,14-15H,1-2,4-5,8-13H2,(H,21,22,23). The largest absolute Gasteiger partial charge is 0.378 e. The van der Waals surface area contributed by atoms with Crippen LogP contribution in [0.15, 0.2) is 18.6 Å². The van der Waals surface area contributed by atoms with Crippen molar-refractivity contribution in [3.8, 4) is 6.07 Å². The maximum absolute atomic E-state index is 13.6. The van der Waals surface area contributed by atoms with E-state index >= 15 is 0 Å². The van der Waals surface area contributed by atoms with E-state index in [1.54, 1.807) is 14.9 Å². The zero-order valence-electron chi connectivity index (χ0n) is 16.7. The van der Waals surface area contributed by atoms with Gasteiger partial charge >= 0.3 is 0 Å². The first-order valence-electron chi connectivity index (χ1n) is 10.3. The van der Waals surface area contributed by atoms with Crippen molar-refractivity contribution < 1.29 is 13.2 Å². The van der Waals surface area contributed by atoms with E-state index in [4.69, 9.17) is 10.00 Å². The summed E-state index contributed by atoms with van der Waals surface area (Å²) in [5, 5.41) is 9.81. The molecule has 3 aliphatic rings. The molecule has 2 aliphatic heterocycles. The third-order valence-corrected chi connectivity index (χ3v) is 8.52. The second kappa shape index (κ2) is 7.46. The Balaban J connectivity index is 1.38. The average Bonchev–Trinajstić information content (AvgIpc) is 3.26. The van der Waals surface area contributed by atoms with Crippen molar-refractivity contribution in [2.75, 3.05) is 44.3 Å². The smallest absolute Gasteiger partial charge is 0.283 e. The van der Waals surface area contributed by atoms with Gasteiger partial charge < -0.3 is 14.6 Å². The van der Waals surface area contributed by atoms with Gasteiger partial charge in [0.2, 0.25) is 0 Å². The Bertz CT molecular complexity index is 1070. The van der Waals surface area contributed by atoms with Crippen LogP contribution in [0.4, 0.5) is 5.82 Å². The lowest BCUT2D eigenvalue weighted by Gasteiger charge is -2.46. The molecule has 2 aromatic rings. The number of unbranched alkanes of at least 4 members (excludes halogenated alkanes) is 1. The summed E-state index contributed by atoms with van der Waals surface area (Å²) in [6.45, 7) is 2.81. The second-order valence-electron chi connectivity index (χ2n) is 8.23. The zero-order chi connectivity index (χ0) is 20.8. The summed E-state index contributed by atoms with van der Waals surface area (Å²) in [5.74, 6) is 0.850. The Kier molecular flexibility index (Phi) is 4.89. The third kappa shape index (κ3) is 3.24. The Morgan fingerprint density at radius 3 is 2.87 bits per heavy atom. The van der Waals surface area contributed by atoms with Crippen LogP contribution in [0.2, 0.25) is 0 Å². The Morgan fingerprint density at radius 2 is 2.17 bits per heavy atom. The second-order valence-corrected chi connectivity index (χ2v) is 10.0. The maximum Gasteiger partial charge on any atom is 0.283 e. The van der Waals surface area contributed by atoms with Crippen molar-refractivity contribution in [2.45, 2.75) is 37.3 Å². The number of nitrogens with zero attached hydrogens (tertiary/aromatic N) is 6. The predicted octanol–water partition coefficient (Wildman–Crippen LogP) is 0.862. The molecule has 0 bridgehead atoms. The van der Waals surface area contributed by atoms with Gasteiger partial charge in [-0.1, -0.05) is 0 Å². The molecule has 0 unspecified atom stereocenters. The fourth-order valence-electron chi connectivity index (χ4n) is 4.48. The van der Waals surface area contributed by atoms with Crippen LogP contribution in [0, 0.1) is 11.3 Å². The lowest BCUT2D eigenvalue weighted by atomic mass is 10.2. The number of hydrogen-bond acceptors (Lipinski definition) is 7. The molecule has 5 rings (SSSR count). The van der Waals surface area contributed by atoms with Gasteiger partial charge in [-0.25, -0.2) is 9.97 Å². The van der Waals surface area contributed by atoms with E-state index in [0.29, 0.717) is 52.2 Å². The van der Waals surface area contributed by atoms with Gasteiger partial charge in [-0.15, -0.1) is 0 Å². The summed E-state index contributed by atoms with van der Waals surface area (Å²) in [7, 11) is -3.64. The van der Waals surface area contributed by atoms with Gasteiger partial charge in [-0.2, -0.15) is 22.3 Å². The SMILES string of the molecule is N#CCCCN(C1COC1)S(=O)(=O)N1CCN(c2ncnc3[nH]ccc23)CC12CC2. The van der Waals surface area contributed by atoms with Gasteiger partial charge in [0.1, 0.15) is 17.8 Å². The molecular formula is C19H25N7O3S. The molecule has 1 N–H and O–H groups in total. The summed E-state index contributed by atoms with van der Waals surface area (Å²) in [6.07, 6.45) is 5.96. The van der Waals surface area contributed by atoms with Crippen molar-refractivity contribution in [3.63, 3.8) is 0 Å². The van der Waals surface area contributed by atoms with E-state index < -0.39 is 10.2 Å². The van der Waals surface area contributed by atoms with Crippen LogP contribution in [-0.2, 0) is 14.9 Å². The number of nitrogens with one attached hydrogen (secondary N) is 1. The first-order chi connectivity index (χ1) is 14.5. The van der Waals surface area contributed by atoms with Gasteiger partial charge in [0.15, 0.2) is 0 Å². The van der Waals surface area contributed by atoms with Crippen molar-refractivity contribution in [2.24, 2.45) is 0 Å². The van der Waals surface area contributed by atoms with Crippen molar-refractivity contribution in [1.82, 2.24) is 23.6 Å². The van der Waals surface area contributed by atoms with Gasteiger partial charge in [0.05, 0.1) is 36.2 Å². The predicted molar refractivity (Wildman–Crippen MR) is 110 cm³/mol. The van der Waals surface area contributed by atoms with Crippen molar-refractivity contribution >= 4 is 27.1 Å². The highest BCUT2D eigenvalue weighted by Crippen LogP contribution is 2.47. The number of hydrogen-bond donors (Lipinski definition) is 1. The Hall–Kier alpha value is -2.26. The number of nitriles is 1. The normalized spacial score (nSPS) is 21.8. The molecule has 2 aromatic heterocycles. The zero-order valence-corrected chi connectivity index (χ0v) is 17.5. The lowest BCUT2D eigenvalue weighted by Crippen LogP contribution is -2.63. The molecule has 4 heterocycles. The number of anilines is 1. The minimum absolute atomic E-state index is 0.135. The summed E-state index contributed by atoms with van der Waals surface area (Å²) < 4.78 is 35.8. The number of H-pyrrole nitrogens is 1. The maximum atomic E-state index is 13.6. The van der Waals surface area contributed by atoms with Crippen LogP contribution in [0.5, 0.6) is 0 Å². The summed E-state index contributed by atoms with van der Waals surface area (Å²) in [6, 6.07) is 3.93. The highest BCUT2D eigenvalue weighted by Gasteiger charge is 2.57. The van der Waals surface area contributed by atoms with Crippen LogP contribution < -0.4 is 4.90 Å². The molecule has 30 heavy (non-hydrogen) atoms. The molecule has 1 aliphatic carbocycles. The Morgan fingerprint density at radius 1 is 1.33 bits per heavy atom. The quantitative estimate of drug-likeness (QED) is 0.646. The molecule has 3 fully saturated rings. The fourth-order valence-corrected chi connectivity index (χ4v) is 6.64.